The minimum atomic E-state index is -0.0166. The maximum atomic E-state index is 12.5. The molecule has 0 unspecified atom stereocenters. The molecule has 7 nitrogen and oxygen atoms in total. The predicted molar refractivity (Wildman–Crippen MR) is 101 cm³/mol. The highest BCUT2D eigenvalue weighted by molar-refractivity contribution is 5.80. The molecule has 0 aromatic carbocycles. The van der Waals surface area contributed by atoms with Crippen molar-refractivity contribution in [2.75, 3.05) is 45.2 Å². The zero-order valence-electron chi connectivity index (χ0n) is 15.8. The van der Waals surface area contributed by atoms with Gasteiger partial charge in [-0.3, -0.25) is 4.79 Å². The summed E-state index contributed by atoms with van der Waals surface area (Å²) in [6, 6.07) is 4.02. The van der Waals surface area contributed by atoms with Crippen molar-refractivity contribution < 1.29 is 9.59 Å². The van der Waals surface area contributed by atoms with Gasteiger partial charge in [0.2, 0.25) is 5.91 Å². The van der Waals surface area contributed by atoms with E-state index in [0.717, 1.165) is 50.2 Å². The summed E-state index contributed by atoms with van der Waals surface area (Å²) in [5.41, 5.74) is 1.01. The van der Waals surface area contributed by atoms with Crippen molar-refractivity contribution in [2.24, 2.45) is 5.92 Å². The molecule has 3 heterocycles. The highest BCUT2D eigenvalue weighted by Gasteiger charge is 2.30. The van der Waals surface area contributed by atoms with Crippen molar-refractivity contribution >= 4 is 17.8 Å². The molecular formula is C19H29N5O2. The molecule has 2 aliphatic heterocycles. The van der Waals surface area contributed by atoms with E-state index in [2.05, 4.69) is 10.3 Å². The third kappa shape index (κ3) is 4.26. The van der Waals surface area contributed by atoms with E-state index < -0.39 is 0 Å². The Morgan fingerprint density at radius 2 is 1.81 bits per heavy atom. The number of carbonyl (C=O) groups excluding carboxylic acids is 2. The summed E-state index contributed by atoms with van der Waals surface area (Å²) in [4.78, 5) is 35.1. The molecule has 0 atom stereocenters. The van der Waals surface area contributed by atoms with Crippen LogP contribution in [0.5, 0.6) is 0 Å². The van der Waals surface area contributed by atoms with Gasteiger partial charge in [-0.15, -0.1) is 0 Å². The number of carbonyl (C=O) groups is 2. The number of piperidine rings is 1. The average Bonchev–Trinajstić information content (AvgIpc) is 3.20. The number of hydrogen-bond acceptors (Lipinski definition) is 4. The minimum absolute atomic E-state index is 0.0166. The van der Waals surface area contributed by atoms with Gasteiger partial charge in [0.1, 0.15) is 5.82 Å². The van der Waals surface area contributed by atoms with Crippen molar-refractivity contribution in [3.8, 4) is 0 Å². The lowest BCUT2D eigenvalue weighted by molar-refractivity contribution is -0.126. The number of urea groups is 1. The van der Waals surface area contributed by atoms with E-state index in [1.807, 2.05) is 40.9 Å². The van der Waals surface area contributed by atoms with Crippen molar-refractivity contribution in [1.82, 2.24) is 20.1 Å². The van der Waals surface area contributed by atoms with E-state index in [0.29, 0.717) is 19.6 Å². The molecule has 1 N–H and O–H groups in total. The van der Waals surface area contributed by atoms with Crippen molar-refractivity contribution in [3.63, 3.8) is 0 Å². The largest absolute Gasteiger partial charge is 0.362 e. The first kappa shape index (κ1) is 18.5. The fourth-order valence-electron chi connectivity index (χ4n) is 3.74. The van der Waals surface area contributed by atoms with E-state index in [9.17, 15) is 9.59 Å². The zero-order chi connectivity index (χ0) is 18.5. The van der Waals surface area contributed by atoms with Crippen molar-refractivity contribution in [1.29, 1.82) is 0 Å². The monoisotopic (exact) mass is 359 g/mol. The van der Waals surface area contributed by atoms with Gasteiger partial charge >= 0.3 is 6.03 Å². The Balaban J connectivity index is 1.47. The quantitative estimate of drug-likeness (QED) is 0.888. The molecule has 0 aliphatic carbocycles. The SMILES string of the molecule is CN(C)c1ncccc1CNC(=O)C1CCN(C(=O)N2CCCC2)CC1. The van der Waals surface area contributed by atoms with E-state index in [4.69, 9.17) is 0 Å². The maximum absolute atomic E-state index is 12.5. The number of likely N-dealkylation sites (tertiary alicyclic amines) is 2. The van der Waals surface area contributed by atoms with Gasteiger partial charge in [-0.25, -0.2) is 9.78 Å². The Bertz CT molecular complexity index is 635. The van der Waals surface area contributed by atoms with Gasteiger partial charge in [-0.2, -0.15) is 0 Å². The van der Waals surface area contributed by atoms with Gasteiger partial charge in [0.15, 0.2) is 0 Å². The molecule has 26 heavy (non-hydrogen) atoms. The smallest absolute Gasteiger partial charge is 0.319 e. The lowest BCUT2D eigenvalue weighted by Gasteiger charge is -2.34. The molecule has 3 rings (SSSR count). The normalized spacial score (nSPS) is 18.1. The van der Waals surface area contributed by atoms with Gasteiger partial charge in [-0.05, 0) is 31.7 Å². The van der Waals surface area contributed by atoms with Crippen LogP contribution in [0.4, 0.5) is 10.6 Å². The summed E-state index contributed by atoms with van der Waals surface area (Å²) in [5.74, 6) is 0.933. The second kappa shape index (κ2) is 8.38. The van der Waals surface area contributed by atoms with Gasteiger partial charge in [0.05, 0.1) is 0 Å². The molecule has 142 valence electrons. The molecule has 0 bridgehead atoms. The number of amides is 3. The van der Waals surface area contributed by atoms with Crippen molar-refractivity contribution in [2.45, 2.75) is 32.2 Å². The summed E-state index contributed by atoms with van der Waals surface area (Å²) < 4.78 is 0. The highest BCUT2D eigenvalue weighted by Crippen LogP contribution is 2.21. The Morgan fingerprint density at radius 3 is 2.46 bits per heavy atom. The predicted octanol–water partition coefficient (Wildman–Crippen LogP) is 1.69. The van der Waals surface area contributed by atoms with Crippen LogP contribution >= 0.6 is 0 Å². The summed E-state index contributed by atoms with van der Waals surface area (Å²) in [5, 5.41) is 3.04. The molecule has 3 amide bonds. The molecule has 0 saturated carbocycles. The Kier molecular flexibility index (Phi) is 5.96. The molecular weight excluding hydrogens is 330 g/mol. The Labute approximate surface area is 155 Å². The molecule has 0 radical (unpaired) electrons. The topological polar surface area (TPSA) is 68.8 Å². The number of nitrogens with one attached hydrogen (secondary N) is 1. The standard InChI is InChI=1S/C19H29N5O2/c1-22(2)17-16(6-5-9-20-17)14-21-18(25)15-7-12-24(13-8-15)19(26)23-10-3-4-11-23/h5-6,9,15H,3-4,7-8,10-14H2,1-2H3,(H,21,25). The lowest BCUT2D eigenvalue weighted by Crippen LogP contribution is -2.47. The zero-order valence-corrected chi connectivity index (χ0v) is 15.8. The Morgan fingerprint density at radius 1 is 1.15 bits per heavy atom. The third-order valence-electron chi connectivity index (χ3n) is 5.26. The maximum Gasteiger partial charge on any atom is 0.319 e. The van der Waals surface area contributed by atoms with Gasteiger partial charge in [0, 0.05) is 64.5 Å². The molecule has 1 aromatic rings. The average molecular weight is 359 g/mol. The lowest BCUT2D eigenvalue weighted by atomic mass is 9.96. The second-order valence-electron chi connectivity index (χ2n) is 7.34. The van der Waals surface area contributed by atoms with Gasteiger partial charge < -0.3 is 20.0 Å². The highest BCUT2D eigenvalue weighted by atomic mass is 16.2. The number of aromatic nitrogens is 1. The van der Waals surface area contributed by atoms with E-state index in [1.165, 1.54) is 0 Å². The molecule has 0 spiro atoms. The third-order valence-corrected chi connectivity index (χ3v) is 5.26. The summed E-state index contributed by atoms with van der Waals surface area (Å²) in [7, 11) is 3.89. The number of hydrogen-bond donors (Lipinski definition) is 1. The fourth-order valence-corrected chi connectivity index (χ4v) is 3.74. The van der Waals surface area contributed by atoms with Crippen LogP contribution in [-0.4, -0.2) is 67.0 Å². The number of nitrogens with zero attached hydrogens (tertiary/aromatic N) is 4. The summed E-state index contributed by atoms with van der Waals surface area (Å²) in [6.45, 7) is 3.57. The van der Waals surface area contributed by atoms with Crippen LogP contribution in [0.2, 0.25) is 0 Å². The fraction of sp³-hybridized carbons (Fsp3) is 0.632. The van der Waals surface area contributed by atoms with Crippen LogP contribution in [0, 0.1) is 5.92 Å². The van der Waals surface area contributed by atoms with E-state index >= 15 is 0 Å². The summed E-state index contributed by atoms with van der Waals surface area (Å²) in [6.07, 6.45) is 5.44. The van der Waals surface area contributed by atoms with Crippen LogP contribution in [0.25, 0.3) is 0 Å². The number of pyridine rings is 1. The van der Waals surface area contributed by atoms with Crippen LogP contribution in [0.15, 0.2) is 18.3 Å². The first-order chi connectivity index (χ1) is 12.6. The minimum Gasteiger partial charge on any atom is -0.362 e. The van der Waals surface area contributed by atoms with Gasteiger partial charge in [0.25, 0.3) is 0 Å². The first-order valence-electron chi connectivity index (χ1n) is 9.49. The van der Waals surface area contributed by atoms with Crippen LogP contribution in [-0.2, 0) is 11.3 Å². The Hall–Kier alpha value is -2.31. The first-order valence-corrected chi connectivity index (χ1v) is 9.49. The molecule has 2 saturated heterocycles. The molecule has 2 fully saturated rings. The van der Waals surface area contributed by atoms with Crippen LogP contribution < -0.4 is 10.2 Å². The van der Waals surface area contributed by atoms with E-state index in [1.54, 1.807) is 6.20 Å². The second-order valence-corrected chi connectivity index (χ2v) is 7.34. The summed E-state index contributed by atoms with van der Waals surface area (Å²) >= 11 is 0. The molecule has 2 aliphatic rings. The molecule has 7 heteroatoms. The molecule has 1 aromatic heterocycles. The number of rotatable bonds is 4. The van der Waals surface area contributed by atoms with Crippen molar-refractivity contribution in [3.05, 3.63) is 23.9 Å². The van der Waals surface area contributed by atoms with E-state index in [-0.39, 0.29) is 17.9 Å². The number of anilines is 1. The van der Waals surface area contributed by atoms with Gasteiger partial charge in [-0.1, -0.05) is 6.07 Å². The van der Waals surface area contributed by atoms with Crippen LogP contribution in [0.1, 0.15) is 31.2 Å². The van der Waals surface area contributed by atoms with Crippen LogP contribution in [0.3, 0.4) is 0 Å².